The third-order valence-electron chi connectivity index (χ3n) is 1.27. The summed E-state index contributed by atoms with van der Waals surface area (Å²) >= 11 is 7.95. The molecule has 0 spiro atoms. The highest BCUT2D eigenvalue weighted by atomic mass is 127. The lowest BCUT2D eigenvalue weighted by atomic mass is 10.4. The molecule has 0 fully saturated rings. The first-order valence-electron chi connectivity index (χ1n) is 3.01. The van der Waals surface area contributed by atoms with Gasteiger partial charge in [-0.2, -0.15) is 0 Å². The number of nitrogens with zero attached hydrogens (tertiary/aromatic N) is 1. The van der Waals surface area contributed by atoms with Crippen LogP contribution >= 0.6 is 34.2 Å². The second kappa shape index (κ2) is 3.58. The SMILES string of the molecule is COc1nc(C)c(Cl)cc1I. The molecular weight excluding hydrogens is 276 g/mol. The molecule has 0 radical (unpaired) electrons. The molecule has 4 heteroatoms. The highest BCUT2D eigenvalue weighted by Crippen LogP contribution is 2.23. The van der Waals surface area contributed by atoms with Gasteiger partial charge in [0.2, 0.25) is 5.88 Å². The number of methoxy groups -OCH3 is 1. The van der Waals surface area contributed by atoms with Crippen LogP contribution in [-0.4, -0.2) is 12.1 Å². The van der Waals surface area contributed by atoms with E-state index in [1.54, 1.807) is 7.11 Å². The summed E-state index contributed by atoms with van der Waals surface area (Å²) in [5.41, 5.74) is 0.795. The zero-order valence-corrected chi connectivity index (χ0v) is 9.10. The predicted molar refractivity (Wildman–Crippen MR) is 53.3 cm³/mol. The lowest BCUT2D eigenvalue weighted by molar-refractivity contribution is 0.393. The van der Waals surface area contributed by atoms with Crippen molar-refractivity contribution in [2.24, 2.45) is 0 Å². The Hall–Kier alpha value is -0.0300. The van der Waals surface area contributed by atoms with Crippen LogP contribution in [0.15, 0.2) is 6.07 Å². The summed E-state index contributed by atoms with van der Waals surface area (Å²) in [5.74, 6) is 0.632. The minimum Gasteiger partial charge on any atom is -0.480 e. The lowest BCUT2D eigenvalue weighted by Crippen LogP contribution is -1.93. The van der Waals surface area contributed by atoms with Gasteiger partial charge < -0.3 is 4.74 Å². The summed E-state index contributed by atoms with van der Waals surface area (Å²) in [6.45, 7) is 1.85. The van der Waals surface area contributed by atoms with Crippen LogP contribution in [0.25, 0.3) is 0 Å². The van der Waals surface area contributed by atoms with Crippen molar-refractivity contribution in [2.75, 3.05) is 7.11 Å². The predicted octanol–water partition coefficient (Wildman–Crippen LogP) is 2.66. The van der Waals surface area contributed by atoms with Crippen LogP contribution in [0.3, 0.4) is 0 Å². The Morgan fingerprint density at radius 3 is 2.82 bits per heavy atom. The Labute approximate surface area is 84.1 Å². The number of hydrogen-bond donors (Lipinski definition) is 0. The quantitative estimate of drug-likeness (QED) is 0.739. The fraction of sp³-hybridized carbons (Fsp3) is 0.286. The van der Waals surface area contributed by atoms with Gasteiger partial charge in [-0.05, 0) is 35.6 Å². The molecule has 0 N–H and O–H groups in total. The van der Waals surface area contributed by atoms with Crippen molar-refractivity contribution < 1.29 is 4.74 Å². The van der Waals surface area contributed by atoms with E-state index in [2.05, 4.69) is 27.6 Å². The van der Waals surface area contributed by atoms with Gasteiger partial charge in [-0.1, -0.05) is 11.6 Å². The zero-order valence-electron chi connectivity index (χ0n) is 6.19. The van der Waals surface area contributed by atoms with Gasteiger partial charge >= 0.3 is 0 Å². The number of ether oxygens (including phenoxy) is 1. The third-order valence-corrected chi connectivity index (χ3v) is 2.42. The largest absolute Gasteiger partial charge is 0.480 e. The van der Waals surface area contributed by atoms with Crippen LogP contribution in [0.5, 0.6) is 5.88 Å². The van der Waals surface area contributed by atoms with Gasteiger partial charge in [-0.15, -0.1) is 0 Å². The molecule has 1 aromatic rings. The third kappa shape index (κ3) is 1.96. The molecule has 0 saturated carbocycles. The monoisotopic (exact) mass is 283 g/mol. The van der Waals surface area contributed by atoms with Crippen molar-refractivity contribution in [3.05, 3.63) is 20.4 Å². The molecule has 11 heavy (non-hydrogen) atoms. The molecule has 0 aliphatic carbocycles. The minimum absolute atomic E-state index is 0.632. The van der Waals surface area contributed by atoms with Gasteiger partial charge in [-0.25, -0.2) is 4.98 Å². The van der Waals surface area contributed by atoms with Gasteiger partial charge in [0.15, 0.2) is 0 Å². The van der Waals surface area contributed by atoms with Crippen molar-refractivity contribution in [1.29, 1.82) is 0 Å². The van der Waals surface area contributed by atoms with Crippen LogP contribution in [0.1, 0.15) is 5.69 Å². The molecule has 0 amide bonds. The Morgan fingerprint density at radius 2 is 2.27 bits per heavy atom. The van der Waals surface area contributed by atoms with Crippen molar-refractivity contribution in [3.8, 4) is 5.88 Å². The van der Waals surface area contributed by atoms with E-state index in [0.717, 1.165) is 9.26 Å². The Balaban J connectivity index is 3.21. The molecular formula is C7H7ClINO. The molecule has 0 atom stereocenters. The first-order chi connectivity index (χ1) is 5.15. The van der Waals surface area contributed by atoms with E-state index >= 15 is 0 Å². The minimum atomic E-state index is 0.632. The average Bonchev–Trinajstić information content (AvgIpc) is 1.97. The van der Waals surface area contributed by atoms with Crippen molar-refractivity contribution in [3.63, 3.8) is 0 Å². The molecule has 0 aliphatic heterocycles. The molecule has 1 aromatic heterocycles. The van der Waals surface area contributed by atoms with Crippen LogP contribution in [0.2, 0.25) is 5.02 Å². The van der Waals surface area contributed by atoms with Gasteiger partial charge in [-0.3, -0.25) is 0 Å². The zero-order chi connectivity index (χ0) is 8.43. The number of pyridine rings is 1. The van der Waals surface area contributed by atoms with E-state index in [1.807, 2.05) is 13.0 Å². The van der Waals surface area contributed by atoms with Gasteiger partial charge in [0.25, 0.3) is 0 Å². The summed E-state index contributed by atoms with van der Waals surface area (Å²) in [6, 6.07) is 1.84. The fourth-order valence-corrected chi connectivity index (χ4v) is 1.67. The number of rotatable bonds is 1. The van der Waals surface area contributed by atoms with Gasteiger partial charge in [0.1, 0.15) is 0 Å². The highest BCUT2D eigenvalue weighted by molar-refractivity contribution is 14.1. The highest BCUT2D eigenvalue weighted by Gasteiger charge is 2.04. The normalized spacial score (nSPS) is 9.82. The molecule has 1 heterocycles. The smallest absolute Gasteiger partial charge is 0.227 e. The average molecular weight is 283 g/mol. The molecule has 0 saturated heterocycles. The first-order valence-corrected chi connectivity index (χ1v) is 4.47. The Bertz CT molecular complexity index is 277. The molecule has 1 rings (SSSR count). The maximum absolute atomic E-state index is 5.82. The fourth-order valence-electron chi connectivity index (χ4n) is 0.680. The van der Waals surface area contributed by atoms with Crippen molar-refractivity contribution >= 4 is 34.2 Å². The summed E-state index contributed by atoms with van der Waals surface area (Å²) in [5, 5.41) is 0.676. The van der Waals surface area contributed by atoms with Crippen molar-refractivity contribution in [2.45, 2.75) is 6.92 Å². The molecule has 0 unspecified atom stereocenters. The van der Waals surface area contributed by atoms with E-state index in [4.69, 9.17) is 16.3 Å². The number of halogens is 2. The van der Waals surface area contributed by atoms with Gasteiger partial charge in [0.05, 0.1) is 21.4 Å². The van der Waals surface area contributed by atoms with Gasteiger partial charge in [0, 0.05) is 0 Å². The number of hydrogen-bond acceptors (Lipinski definition) is 2. The van der Waals surface area contributed by atoms with E-state index in [-0.39, 0.29) is 0 Å². The molecule has 0 bridgehead atoms. The summed E-state index contributed by atoms with van der Waals surface area (Å²) in [7, 11) is 1.60. The summed E-state index contributed by atoms with van der Waals surface area (Å²) in [6.07, 6.45) is 0. The Kier molecular flexibility index (Phi) is 2.95. The van der Waals surface area contributed by atoms with Crippen LogP contribution in [-0.2, 0) is 0 Å². The topological polar surface area (TPSA) is 22.1 Å². The second-order valence-corrected chi connectivity index (χ2v) is 3.62. The second-order valence-electron chi connectivity index (χ2n) is 2.05. The maximum Gasteiger partial charge on any atom is 0.227 e. The van der Waals surface area contributed by atoms with Crippen LogP contribution in [0, 0.1) is 10.5 Å². The lowest BCUT2D eigenvalue weighted by Gasteiger charge is -2.03. The van der Waals surface area contributed by atoms with E-state index < -0.39 is 0 Å². The Morgan fingerprint density at radius 1 is 1.64 bits per heavy atom. The summed E-state index contributed by atoms with van der Waals surface area (Å²) < 4.78 is 5.93. The summed E-state index contributed by atoms with van der Waals surface area (Å²) in [4.78, 5) is 4.13. The van der Waals surface area contributed by atoms with E-state index in [1.165, 1.54) is 0 Å². The molecule has 60 valence electrons. The standard InChI is InChI=1S/C7H7ClINO/c1-4-5(8)3-6(9)7(10-4)11-2/h3H,1-2H3. The molecule has 0 aromatic carbocycles. The number of aryl methyl sites for hydroxylation is 1. The molecule has 0 aliphatic rings. The van der Waals surface area contributed by atoms with E-state index in [0.29, 0.717) is 10.9 Å². The van der Waals surface area contributed by atoms with Crippen LogP contribution in [0.4, 0.5) is 0 Å². The van der Waals surface area contributed by atoms with Crippen LogP contribution < -0.4 is 4.74 Å². The first kappa shape index (κ1) is 9.06. The van der Waals surface area contributed by atoms with Crippen molar-refractivity contribution in [1.82, 2.24) is 4.98 Å². The van der Waals surface area contributed by atoms with E-state index in [9.17, 15) is 0 Å². The number of aromatic nitrogens is 1. The molecule has 2 nitrogen and oxygen atoms in total. The maximum atomic E-state index is 5.82.